The number of aliphatic carboxylic acids is 1. The fourth-order valence-electron chi connectivity index (χ4n) is 1.73. The van der Waals surface area contributed by atoms with Gasteiger partial charge in [-0.3, -0.25) is 19.8 Å². The molecule has 2 atom stereocenters. The molecule has 6 nitrogen and oxygen atoms in total. The molecular weight excluding hydrogens is 222 g/mol. The van der Waals surface area contributed by atoms with E-state index in [1.165, 1.54) is 0 Å². The maximum absolute atomic E-state index is 11.0. The number of carbonyl (C=O) groups excluding carboxylic acids is 1. The number of carbonyl (C=O) groups is 2. The predicted octanol–water partition coefficient (Wildman–Crippen LogP) is -0.0175. The number of primary amides is 1. The molecule has 0 aromatic carbocycles. The summed E-state index contributed by atoms with van der Waals surface area (Å²) < 4.78 is 0. The summed E-state index contributed by atoms with van der Waals surface area (Å²) in [5, 5.41) is 12.0. The van der Waals surface area contributed by atoms with Crippen molar-refractivity contribution in [3.05, 3.63) is 0 Å². The minimum atomic E-state index is -0.953. The first-order chi connectivity index (χ1) is 7.92. The Morgan fingerprint density at radius 3 is 2.24 bits per heavy atom. The van der Waals surface area contributed by atoms with Crippen LogP contribution in [0.2, 0.25) is 0 Å². The molecule has 0 aromatic heterocycles. The quantitative estimate of drug-likeness (QED) is 0.496. The minimum absolute atomic E-state index is 0.0426. The van der Waals surface area contributed by atoms with E-state index in [1.54, 1.807) is 0 Å². The molecule has 6 heteroatoms. The highest BCUT2D eigenvalue weighted by atomic mass is 16.4. The van der Waals surface area contributed by atoms with Crippen LogP contribution in [0.5, 0.6) is 0 Å². The summed E-state index contributed by atoms with van der Waals surface area (Å²) in [6, 6.07) is -0.738. The minimum Gasteiger partial charge on any atom is -0.480 e. The Morgan fingerprint density at radius 1 is 1.35 bits per heavy atom. The largest absolute Gasteiger partial charge is 0.480 e. The van der Waals surface area contributed by atoms with Crippen molar-refractivity contribution in [2.24, 2.45) is 5.73 Å². The first kappa shape index (κ1) is 15.9. The molecule has 100 valence electrons. The molecule has 2 unspecified atom stereocenters. The lowest BCUT2D eigenvalue weighted by Crippen LogP contribution is -2.50. The maximum atomic E-state index is 11.0. The zero-order valence-corrected chi connectivity index (χ0v) is 10.8. The monoisotopic (exact) mass is 245 g/mol. The van der Waals surface area contributed by atoms with Crippen LogP contribution in [-0.2, 0) is 9.59 Å². The van der Waals surface area contributed by atoms with E-state index in [1.807, 2.05) is 20.8 Å². The van der Waals surface area contributed by atoms with Crippen molar-refractivity contribution >= 4 is 11.9 Å². The summed E-state index contributed by atoms with van der Waals surface area (Å²) in [4.78, 5) is 23.8. The van der Waals surface area contributed by atoms with E-state index in [0.717, 1.165) is 13.1 Å². The molecule has 0 aliphatic carbocycles. The van der Waals surface area contributed by atoms with Crippen LogP contribution in [0, 0.1) is 0 Å². The SMILES string of the molecule is CCN(CC)C(C)NC(CCC(N)=O)C(=O)O. The van der Waals surface area contributed by atoms with Crippen LogP contribution < -0.4 is 11.1 Å². The van der Waals surface area contributed by atoms with Crippen molar-refractivity contribution in [1.29, 1.82) is 0 Å². The molecule has 0 radical (unpaired) electrons. The van der Waals surface area contributed by atoms with E-state index >= 15 is 0 Å². The lowest BCUT2D eigenvalue weighted by atomic mass is 10.1. The third kappa shape index (κ3) is 6.23. The molecular formula is C11H23N3O3. The van der Waals surface area contributed by atoms with Gasteiger partial charge in [0, 0.05) is 6.42 Å². The molecule has 0 heterocycles. The molecule has 4 N–H and O–H groups in total. The van der Waals surface area contributed by atoms with E-state index in [2.05, 4.69) is 10.2 Å². The van der Waals surface area contributed by atoms with E-state index in [0.29, 0.717) is 0 Å². The number of nitrogens with zero attached hydrogens (tertiary/aromatic N) is 1. The second-order valence-corrected chi connectivity index (χ2v) is 3.96. The van der Waals surface area contributed by atoms with Crippen LogP contribution in [0.15, 0.2) is 0 Å². The molecule has 0 saturated carbocycles. The van der Waals surface area contributed by atoms with Gasteiger partial charge in [0.25, 0.3) is 0 Å². The highest BCUT2D eigenvalue weighted by Gasteiger charge is 2.21. The van der Waals surface area contributed by atoms with Gasteiger partial charge in [-0.2, -0.15) is 0 Å². The number of carboxylic acid groups (broad SMARTS) is 1. The van der Waals surface area contributed by atoms with Crippen molar-refractivity contribution in [2.45, 2.75) is 45.8 Å². The van der Waals surface area contributed by atoms with E-state index in [4.69, 9.17) is 10.8 Å². The highest BCUT2D eigenvalue weighted by Crippen LogP contribution is 2.02. The van der Waals surface area contributed by atoms with Crippen LogP contribution in [0.4, 0.5) is 0 Å². The van der Waals surface area contributed by atoms with Gasteiger partial charge < -0.3 is 10.8 Å². The standard InChI is InChI=1S/C11H23N3O3/c1-4-14(5-2)8(3)13-9(11(16)17)6-7-10(12)15/h8-9,13H,4-7H2,1-3H3,(H2,12,15)(H,16,17). The van der Waals surface area contributed by atoms with E-state index in [-0.39, 0.29) is 19.0 Å². The first-order valence-electron chi connectivity index (χ1n) is 5.93. The smallest absolute Gasteiger partial charge is 0.320 e. The van der Waals surface area contributed by atoms with Gasteiger partial charge in [-0.1, -0.05) is 13.8 Å². The van der Waals surface area contributed by atoms with Gasteiger partial charge in [0.05, 0.1) is 6.17 Å². The number of nitrogens with one attached hydrogen (secondary N) is 1. The van der Waals surface area contributed by atoms with Gasteiger partial charge in [0.1, 0.15) is 6.04 Å². The van der Waals surface area contributed by atoms with Gasteiger partial charge in [-0.25, -0.2) is 0 Å². The molecule has 17 heavy (non-hydrogen) atoms. The summed E-state index contributed by atoms with van der Waals surface area (Å²) in [6.07, 6.45) is 0.254. The summed E-state index contributed by atoms with van der Waals surface area (Å²) in [5.74, 6) is -1.43. The normalized spacial score (nSPS) is 14.6. The Kier molecular flexibility index (Phi) is 7.49. The summed E-state index contributed by atoms with van der Waals surface area (Å²) >= 11 is 0. The molecule has 0 spiro atoms. The molecule has 0 saturated heterocycles. The number of rotatable bonds is 9. The van der Waals surface area contributed by atoms with Crippen LogP contribution in [0.3, 0.4) is 0 Å². The maximum Gasteiger partial charge on any atom is 0.320 e. The lowest BCUT2D eigenvalue weighted by molar-refractivity contribution is -0.140. The topological polar surface area (TPSA) is 95.7 Å². The van der Waals surface area contributed by atoms with E-state index in [9.17, 15) is 9.59 Å². The number of amides is 1. The summed E-state index contributed by atoms with van der Waals surface area (Å²) in [5.41, 5.74) is 5.01. The van der Waals surface area contributed by atoms with Crippen molar-refractivity contribution < 1.29 is 14.7 Å². The highest BCUT2D eigenvalue weighted by molar-refractivity contribution is 5.77. The third-order valence-corrected chi connectivity index (χ3v) is 2.78. The third-order valence-electron chi connectivity index (χ3n) is 2.78. The zero-order chi connectivity index (χ0) is 13.4. The number of carboxylic acids is 1. The number of hydrogen-bond acceptors (Lipinski definition) is 4. The van der Waals surface area contributed by atoms with Gasteiger partial charge in [0.15, 0.2) is 0 Å². The van der Waals surface area contributed by atoms with Gasteiger partial charge in [-0.05, 0) is 26.4 Å². The molecule has 1 amide bonds. The summed E-state index contributed by atoms with van der Waals surface area (Å²) in [7, 11) is 0. The van der Waals surface area contributed by atoms with Crippen molar-refractivity contribution in [3.63, 3.8) is 0 Å². The number of hydrogen-bond donors (Lipinski definition) is 3. The molecule has 0 bridgehead atoms. The van der Waals surface area contributed by atoms with Crippen LogP contribution >= 0.6 is 0 Å². The average molecular weight is 245 g/mol. The Hall–Kier alpha value is -1.14. The van der Waals surface area contributed by atoms with Crippen LogP contribution in [-0.4, -0.2) is 47.2 Å². The molecule has 0 aromatic rings. The Bertz CT molecular complexity index is 254. The Balaban J connectivity index is 4.33. The fourth-order valence-corrected chi connectivity index (χ4v) is 1.73. The zero-order valence-electron chi connectivity index (χ0n) is 10.8. The lowest BCUT2D eigenvalue weighted by Gasteiger charge is -2.29. The number of nitrogens with two attached hydrogens (primary N) is 1. The van der Waals surface area contributed by atoms with Crippen LogP contribution in [0.1, 0.15) is 33.6 Å². The fraction of sp³-hybridized carbons (Fsp3) is 0.818. The average Bonchev–Trinajstić information content (AvgIpc) is 2.25. The van der Waals surface area contributed by atoms with Gasteiger partial charge in [0.2, 0.25) is 5.91 Å². The predicted molar refractivity (Wildman–Crippen MR) is 65.4 cm³/mol. The second kappa shape index (κ2) is 8.03. The Labute approximate surface area is 102 Å². The second-order valence-electron chi connectivity index (χ2n) is 3.96. The van der Waals surface area contributed by atoms with Crippen molar-refractivity contribution in [3.8, 4) is 0 Å². The molecule has 0 fully saturated rings. The van der Waals surface area contributed by atoms with Crippen molar-refractivity contribution in [1.82, 2.24) is 10.2 Å². The Morgan fingerprint density at radius 2 is 1.88 bits per heavy atom. The van der Waals surface area contributed by atoms with Gasteiger partial charge in [-0.15, -0.1) is 0 Å². The molecule has 0 aliphatic rings. The van der Waals surface area contributed by atoms with E-state index < -0.39 is 17.9 Å². The first-order valence-corrected chi connectivity index (χ1v) is 5.93. The summed E-state index contributed by atoms with van der Waals surface area (Å²) in [6.45, 7) is 7.62. The molecule has 0 rings (SSSR count). The van der Waals surface area contributed by atoms with Gasteiger partial charge >= 0.3 is 5.97 Å². The van der Waals surface area contributed by atoms with Crippen molar-refractivity contribution in [2.75, 3.05) is 13.1 Å². The molecule has 0 aliphatic heterocycles. The van der Waals surface area contributed by atoms with Crippen LogP contribution in [0.25, 0.3) is 0 Å².